The number of alkyl halides is 1. The van der Waals surface area contributed by atoms with E-state index in [-0.39, 0.29) is 17.4 Å². The van der Waals surface area contributed by atoms with Crippen LogP contribution in [0.3, 0.4) is 0 Å². The topological polar surface area (TPSA) is 26.3 Å². The Morgan fingerprint density at radius 1 is 1.80 bits per heavy atom. The van der Waals surface area contributed by atoms with Crippen LogP contribution in [-0.2, 0) is 9.53 Å². The molecule has 0 aromatic carbocycles. The Labute approximate surface area is 69.4 Å². The van der Waals surface area contributed by atoms with Crippen LogP contribution in [-0.4, -0.2) is 17.4 Å². The molecular formula is C7H11BrO2. The molecule has 0 bridgehead atoms. The summed E-state index contributed by atoms with van der Waals surface area (Å²) in [5.74, 6) is -0.231. The highest BCUT2D eigenvalue weighted by Gasteiger charge is 2.02. The first-order chi connectivity index (χ1) is 4.70. The number of carbonyl (C=O) groups excluding carboxylic acids is 1. The molecule has 0 saturated heterocycles. The van der Waals surface area contributed by atoms with Gasteiger partial charge in [-0.3, -0.25) is 4.79 Å². The van der Waals surface area contributed by atoms with Crippen molar-refractivity contribution in [2.75, 3.05) is 5.33 Å². The Kier molecular flexibility index (Phi) is 5.30. The van der Waals surface area contributed by atoms with Gasteiger partial charge in [0.05, 0.1) is 0 Å². The lowest BCUT2D eigenvalue weighted by molar-refractivity contribution is -0.142. The van der Waals surface area contributed by atoms with E-state index in [1.54, 1.807) is 0 Å². The molecule has 0 radical (unpaired) electrons. The number of allylic oxidation sites excluding steroid dienone is 1. The lowest BCUT2D eigenvalue weighted by Gasteiger charge is -2.05. The van der Waals surface area contributed by atoms with Crippen molar-refractivity contribution >= 4 is 21.9 Å². The summed E-state index contributed by atoms with van der Waals surface area (Å²) in [6, 6.07) is 0. The molecule has 0 aromatic rings. The number of esters is 1. The summed E-state index contributed by atoms with van der Waals surface area (Å²) in [5.41, 5.74) is 0. The Morgan fingerprint density at radius 2 is 2.40 bits per heavy atom. The van der Waals surface area contributed by atoms with E-state index in [1.165, 1.54) is 0 Å². The van der Waals surface area contributed by atoms with Crippen LogP contribution in [0.25, 0.3) is 0 Å². The van der Waals surface area contributed by atoms with Gasteiger partial charge in [0.15, 0.2) is 0 Å². The van der Waals surface area contributed by atoms with Crippen LogP contribution < -0.4 is 0 Å². The number of rotatable bonds is 3. The molecular weight excluding hydrogens is 196 g/mol. The molecule has 3 heteroatoms. The molecule has 2 nitrogen and oxygen atoms in total. The van der Waals surface area contributed by atoms with E-state index in [9.17, 15) is 4.79 Å². The quantitative estimate of drug-likeness (QED) is 0.401. The third-order valence-corrected chi connectivity index (χ3v) is 1.35. The maximum atomic E-state index is 10.6. The zero-order chi connectivity index (χ0) is 7.98. The van der Waals surface area contributed by atoms with E-state index < -0.39 is 0 Å². The minimum atomic E-state index is -0.231. The van der Waals surface area contributed by atoms with Crippen molar-refractivity contribution in [3.8, 4) is 0 Å². The molecule has 0 aliphatic rings. The molecule has 0 aliphatic heterocycles. The smallest absolute Gasteiger partial charge is 0.317 e. The Bertz CT molecular complexity index is 132. The van der Waals surface area contributed by atoms with Crippen LogP contribution in [0.15, 0.2) is 12.2 Å². The van der Waals surface area contributed by atoms with E-state index in [2.05, 4.69) is 15.9 Å². The first-order valence-corrected chi connectivity index (χ1v) is 4.21. The summed E-state index contributed by atoms with van der Waals surface area (Å²) in [4.78, 5) is 10.6. The SMILES string of the molecule is C/C=C/C(C)OC(=O)CBr. The third kappa shape index (κ3) is 4.56. The van der Waals surface area contributed by atoms with Crippen molar-refractivity contribution in [1.82, 2.24) is 0 Å². The fourth-order valence-electron chi connectivity index (χ4n) is 0.549. The number of hydrogen-bond acceptors (Lipinski definition) is 2. The number of halogens is 1. The molecule has 0 spiro atoms. The second kappa shape index (κ2) is 5.47. The van der Waals surface area contributed by atoms with Gasteiger partial charge >= 0.3 is 5.97 Å². The van der Waals surface area contributed by atoms with Gasteiger partial charge in [0, 0.05) is 0 Å². The Morgan fingerprint density at radius 3 is 2.80 bits per heavy atom. The minimum Gasteiger partial charge on any atom is -0.458 e. The van der Waals surface area contributed by atoms with Crippen LogP contribution >= 0.6 is 15.9 Å². The molecule has 10 heavy (non-hydrogen) atoms. The van der Waals surface area contributed by atoms with Gasteiger partial charge in [-0.2, -0.15) is 0 Å². The fraction of sp³-hybridized carbons (Fsp3) is 0.571. The van der Waals surface area contributed by atoms with Gasteiger partial charge in [0.2, 0.25) is 0 Å². The van der Waals surface area contributed by atoms with Crippen molar-refractivity contribution in [2.45, 2.75) is 20.0 Å². The normalized spacial score (nSPS) is 13.5. The highest BCUT2D eigenvalue weighted by Crippen LogP contribution is 1.95. The summed E-state index contributed by atoms with van der Waals surface area (Å²) in [5, 5.41) is 0.259. The highest BCUT2D eigenvalue weighted by molar-refractivity contribution is 9.09. The lowest BCUT2D eigenvalue weighted by atomic mass is 10.4. The largest absolute Gasteiger partial charge is 0.458 e. The van der Waals surface area contributed by atoms with Crippen LogP contribution in [0.2, 0.25) is 0 Å². The Balaban J connectivity index is 3.57. The summed E-state index contributed by atoms with van der Waals surface area (Å²) < 4.78 is 4.87. The minimum absolute atomic E-state index is 0.116. The van der Waals surface area contributed by atoms with Crippen LogP contribution in [0.4, 0.5) is 0 Å². The van der Waals surface area contributed by atoms with Gasteiger partial charge in [-0.25, -0.2) is 0 Å². The molecule has 0 aromatic heterocycles. The van der Waals surface area contributed by atoms with Crippen molar-refractivity contribution in [3.05, 3.63) is 12.2 Å². The Hall–Kier alpha value is -0.310. The second-order valence-electron chi connectivity index (χ2n) is 1.85. The van der Waals surface area contributed by atoms with E-state index in [4.69, 9.17) is 4.74 Å². The highest BCUT2D eigenvalue weighted by atomic mass is 79.9. The van der Waals surface area contributed by atoms with E-state index in [0.717, 1.165) is 0 Å². The number of carbonyl (C=O) groups is 1. The molecule has 58 valence electrons. The summed E-state index contributed by atoms with van der Waals surface area (Å²) >= 11 is 3.00. The monoisotopic (exact) mass is 206 g/mol. The number of ether oxygens (including phenoxy) is 1. The zero-order valence-corrected chi connectivity index (χ0v) is 7.72. The zero-order valence-electron chi connectivity index (χ0n) is 6.13. The molecule has 0 heterocycles. The second-order valence-corrected chi connectivity index (χ2v) is 2.42. The molecule has 1 unspecified atom stereocenters. The summed E-state index contributed by atoms with van der Waals surface area (Å²) in [7, 11) is 0. The predicted molar refractivity (Wildman–Crippen MR) is 44.2 cm³/mol. The van der Waals surface area contributed by atoms with Gasteiger partial charge in [-0.15, -0.1) is 0 Å². The molecule has 0 N–H and O–H groups in total. The van der Waals surface area contributed by atoms with Crippen LogP contribution in [0.1, 0.15) is 13.8 Å². The van der Waals surface area contributed by atoms with E-state index in [1.807, 2.05) is 26.0 Å². The lowest BCUT2D eigenvalue weighted by Crippen LogP contribution is -2.12. The van der Waals surface area contributed by atoms with Gasteiger partial charge in [0.25, 0.3) is 0 Å². The fourth-order valence-corrected chi connectivity index (χ4v) is 0.681. The van der Waals surface area contributed by atoms with Crippen LogP contribution in [0.5, 0.6) is 0 Å². The summed E-state index contributed by atoms with van der Waals surface area (Å²) in [6.45, 7) is 3.71. The van der Waals surface area contributed by atoms with Crippen molar-refractivity contribution in [1.29, 1.82) is 0 Å². The van der Waals surface area contributed by atoms with Gasteiger partial charge in [-0.1, -0.05) is 22.0 Å². The van der Waals surface area contributed by atoms with Gasteiger partial charge < -0.3 is 4.74 Å². The van der Waals surface area contributed by atoms with E-state index in [0.29, 0.717) is 0 Å². The van der Waals surface area contributed by atoms with Crippen molar-refractivity contribution < 1.29 is 9.53 Å². The van der Waals surface area contributed by atoms with Gasteiger partial charge in [0.1, 0.15) is 11.4 Å². The van der Waals surface area contributed by atoms with Crippen LogP contribution in [0, 0.1) is 0 Å². The van der Waals surface area contributed by atoms with Crippen molar-refractivity contribution in [2.24, 2.45) is 0 Å². The first-order valence-electron chi connectivity index (χ1n) is 3.09. The maximum Gasteiger partial charge on any atom is 0.317 e. The average molecular weight is 207 g/mol. The first kappa shape index (κ1) is 9.69. The van der Waals surface area contributed by atoms with Gasteiger partial charge in [-0.05, 0) is 19.9 Å². The molecule has 0 rings (SSSR count). The predicted octanol–water partition coefficient (Wildman–Crippen LogP) is 1.89. The maximum absolute atomic E-state index is 10.6. The molecule has 0 fully saturated rings. The average Bonchev–Trinajstić information content (AvgIpc) is 1.88. The molecule has 1 atom stereocenters. The molecule has 0 aliphatic carbocycles. The third-order valence-electron chi connectivity index (χ3n) is 0.890. The number of hydrogen-bond donors (Lipinski definition) is 0. The molecule has 0 amide bonds. The standard InChI is InChI=1S/C7H11BrO2/c1-3-4-6(2)10-7(9)5-8/h3-4,6H,5H2,1-2H3/b4-3+. The molecule has 0 saturated carbocycles. The van der Waals surface area contributed by atoms with E-state index >= 15 is 0 Å². The summed E-state index contributed by atoms with van der Waals surface area (Å²) in [6.07, 6.45) is 3.56. The van der Waals surface area contributed by atoms with Crippen molar-refractivity contribution in [3.63, 3.8) is 0 Å².